The lowest BCUT2D eigenvalue weighted by molar-refractivity contribution is 0.0715. The summed E-state index contributed by atoms with van der Waals surface area (Å²) in [5.74, 6) is 0.619. The Morgan fingerprint density at radius 1 is 1.64 bits per heavy atom. The van der Waals surface area contributed by atoms with E-state index in [2.05, 4.69) is 27.5 Å². The maximum Gasteiger partial charge on any atom is 0.295 e. The van der Waals surface area contributed by atoms with Crippen molar-refractivity contribution in [1.82, 2.24) is 25.5 Å². The minimum Gasteiger partial charge on any atom is -0.336 e. The maximum absolute atomic E-state index is 11.7. The molecule has 1 aliphatic carbocycles. The largest absolute Gasteiger partial charge is 0.336 e. The average Bonchev–Trinajstić information content (AvgIpc) is 2.90. The normalized spacial score (nSPS) is 17.9. The molecule has 6 heteroatoms. The van der Waals surface area contributed by atoms with Gasteiger partial charge in [0.15, 0.2) is 0 Å². The summed E-state index contributed by atoms with van der Waals surface area (Å²) in [4.78, 5) is 13.4. The van der Waals surface area contributed by atoms with Gasteiger partial charge in [0.05, 0.1) is 0 Å². The van der Waals surface area contributed by atoms with Crippen LogP contribution in [-0.2, 0) is 0 Å². The van der Waals surface area contributed by atoms with Crippen molar-refractivity contribution in [2.75, 3.05) is 7.05 Å². The van der Waals surface area contributed by atoms with Crippen LogP contribution in [0.3, 0.4) is 0 Å². The standard InChI is InChI=1S/C8H13N5O/c1-5(6-3-4-6)13(2)8(14)7-9-11-12-10-7/h5-6H,3-4H2,1-2H3,(H,9,10,11,12). The summed E-state index contributed by atoms with van der Waals surface area (Å²) in [5.41, 5.74) is 0. The quantitative estimate of drug-likeness (QED) is 0.740. The molecule has 0 aliphatic heterocycles. The highest BCUT2D eigenvalue weighted by atomic mass is 16.2. The predicted octanol–water partition coefficient (Wildman–Crippen LogP) is 0.0702. The average molecular weight is 195 g/mol. The number of aromatic amines is 1. The number of hydrogen-bond donors (Lipinski definition) is 1. The topological polar surface area (TPSA) is 74.8 Å². The van der Waals surface area contributed by atoms with Crippen molar-refractivity contribution in [3.8, 4) is 0 Å². The van der Waals surface area contributed by atoms with Crippen molar-refractivity contribution in [1.29, 1.82) is 0 Å². The molecule has 1 aliphatic rings. The Kier molecular flexibility index (Phi) is 2.18. The van der Waals surface area contributed by atoms with Crippen LogP contribution in [0.4, 0.5) is 0 Å². The smallest absolute Gasteiger partial charge is 0.295 e. The predicted molar refractivity (Wildman–Crippen MR) is 48.5 cm³/mol. The minimum absolute atomic E-state index is 0.139. The molecule has 2 rings (SSSR count). The number of carbonyl (C=O) groups is 1. The number of aromatic nitrogens is 4. The summed E-state index contributed by atoms with van der Waals surface area (Å²) in [5, 5.41) is 13.0. The van der Waals surface area contributed by atoms with Crippen LogP contribution < -0.4 is 0 Å². The highest BCUT2D eigenvalue weighted by Gasteiger charge is 2.33. The van der Waals surface area contributed by atoms with Gasteiger partial charge in [-0.3, -0.25) is 4.79 Å². The van der Waals surface area contributed by atoms with Crippen LogP contribution in [0.15, 0.2) is 0 Å². The van der Waals surface area contributed by atoms with Gasteiger partial charge in [0.2, 0.25) is 0 Å². The number of H-pyrrole nitrogens is 1. The van der Waals surface area contributed by atoms with E-state index in [1.54, 1.807) is 11.9 Å². The van der Waals surface area contributed by atoms with E-state index in [4.69, 9.17) is 0 Å². The van der Waals surface area contributed by atoms with Crippen molar-refractivity contribution in [3.63, 3.8) is 0 Å². The van der Waals surface area contributed by atoms with E-state index in [-0.39, 0.29) is 17.8 Å². The molecule has 14 heavy (non-hydrogen) atoms. The van der Waals surface area contributed by atoms with Gasteiger partial charge in [-0.15, -0.1) is 10.2 Å². The highest BCUT2D eigenvalue weighted by Crippen LogP contribution is 2.34. The molecule has 0 spiro atoms. The van der Waals surface area contributed by atoms with Gasteiger partial charge < -0.3 is 4.90 Å². The second-order valence-corrected chi connectivity index (χ2v) is 3.73. The molecule has 1 aromatic rings. The summed E-state index contributed by atoms with van der Waals surface area (Å²) in [6, 6.07) is 0.265. The van der Waals surface area contributed by atoms with E-state index in [0.717, 1.165) is 0 Å². The molecule has 1 atom stereocenters. The van der Waals surface area contributed by atoms with E-state index in [9.17, 15) is 4.79 Å². The first-order valence-electron chi connectivity index (χ1n) is 4.70. The summed E-state index contributed by atoms with van der Waals surface area (Å²) in [6.07, 6.45) is 2.43. The van der Waals surface area contributed by atoms with E-state index in [1.165, 1.54) is 12.8 Å². The third-order valence-electron chi connectivity index (χ3n) is 2.77. The maximum atomic E-state index is 11.7. The van der Waals surface area contributed by atoms with Crippen LogP contribution in [0.25, 0.3) is 0 Å². The minimum atomic E-state index is -0.168. The second-order valence-electron chi connectivity index (χ2n) is 3.73. The third kappa shape index (κ3) is 1.59. The number of carbonyl (C=O) groups excluding carboxylic acids is 1. The van der Waals surface area contributed by atoms with E-state index < -0.39 is 0 Å². The van der Waals surface area contributed by atoms with Crippen LogP contribution in [0, 0.1) is 5.92 Å². The monoisotopic (exact) mass is 195 g/mol. The van der Waals surface area contributed by atoms with Gasteiger partial charge >= 0.3 is 0 Å². The number of nitrogens with one attached hydrogen (secondary N) is 1. The zero-order valence-corrected chi connectivity index (χ0v) is 8.27. The number of amides is 1. The Morgan fingerprint density at radius 3 is 2.86 bits per heavy atom. The Balaban J connectivity index is 2.03. The van der Waals surface area contributed by atoms with E-state index in [0.29, 0.717) is 5.92 Å². The van der Waals surface area contributed by atoms with Crippen molar-refractivity contribution in [3.05, 3.63) is 5.82 Å². The Hall–Kier alpha value is -1.46. The summed E-state index contributed by atoms with van der Waals surface area (Å²) >= 11 is 0. The van der Waals surface area contributed by atoms with Gasteiger partial charge in [0, 0.05) is 13.1 Å². The summed E-state index contributed by atoms with van der Waals surface area (Å²) in [7, 11) is 1.78. The van der Waals surface area contributed by atoms with Gasteiger partial charge in [0.1, 0.15) is 0 Å². The SMILES string of the molecule is CC(C1CC1)N(C)C(=O)c1nn[nH]n1. The van der Waals surface area contributed by atoms with Gasteiger partial charge in [-0.2, -0.15) is 5.21 Å². The van der Waals surface area contributed by atoms with Crippen LogP contribution in [0.5, 0.6) is 0 Å². The van der Waals surface area contributed by atoms with E-state index in [1.807, 2.05) is 0 Å². The molecule has 1 aromatic heterocycles. The molecular formula is C8H13N5O. The molecule has 1 N–H and O–H groups in total. The zero-order chi connectivity index (χ0) is 10.1. The fourth-order valence-corrected chi connectivity index (χ4v) is 1.49. The molecule has 1 heterocycles. The van der Waals surface area contributed by atoms with Crippen molar-refractivity contribution in [2.45, 2.75) is 25.8 Å². The molecule has 1 saturated carbocycles. The number of hydrogen-bond acceptors (Lipinski definition) is 4. The Bertz CT molecular complexity index is 318. The van der Waals surface area contributed by atoms with Crippen LogP contribution in [0.1, 0.15) is 30.4 Å². The van der Waals surface area contributed by atoms with Gasteiger partial charge in [0.25, 0.3) is 11.7 Å². The third-order valence-corrected chi connectivity index (χ3v) is 2.77. The van der Waals surface area contributed by atoms with Gasteiger partial charge in [-0.25, -0.2) is 0 Å². The Labute approximate surface area is 81.7 Å². The molecule has 0 bridgehead atoms. The summed E-state index contributed by atoms with van der Waals surface area (Å²) in [6.45, 7) is 2.05. The zero-order valence-electron chi connectivity index (χ0n) is 8.27. The molecule has 0 radical (unpaired) electrons. The fraction of sp³-hybridized carbons (Fsp3) is 0.750. The van der Waals surface area contributed by atoms with E-state index >= 15 is 0 Å². The molecule has 1 amide bonds. The fourth-order valence-electron chi connectivity index (χ4n) is 1.49. The molecule has 6 nitrogen and oxygen atoms in total. The highest BCUT2D eigenvalue weighted by molar-refractivity contribution is 5.90. The van der Waals surface area contributed by atoms with Crippen molar-refractivity contribution in [2.24, 2.45) is 5.92 Å². The first-order valence-corrected chi connectivity index (χ1v) is 4.70. The Morgan fingerprint density at radius 2 is 2.36 bits per heavy atom. The molecular weight excluding hydrogens is 182 g/mol. The number of rotatable bonds is 3. The first kappa shape index (κ1) is 9.11. The summed E-state index contributed by atoms with van der Waals surface area (Å²) < 4.78 is 0. The van der Waals surface area contributed by atoms with Crippen molar-refractivity contribution >= 4 is 5.91 Å². The second kappa shape index (κ2) is 3.36. The van der Waals surface area contributed by atoms with Crippen LogP contribution in [0.2, 0.25) is 0 Å². The van der Waals surface area contributed by atoms with Crippen LogP contribution >= 0.6 is 0 Å². The van der Waals surface area contributed by atoms with Gasteiger partial charge in [-0.05, 0) is 30.9 Å². The lowest BCUT2D eigenvalue weighted by Gasteiger charge is -2.23. The molecule has 0 aromatic carbocycles. The molecule has 76 valence electrons. The molecule has 1 unspecified atom stereocenters. The van der Waals surface area contributed by atoms with Gasteiger partial charge in [-0.1, -0.05) is 0 Å². The van der Waals surface area contributed by atoms with Crippen LogP contribution in [-0.4, -0.2) is 44.5 Å². The number of tetrazole rings is 1. The number of nitrogens with zero attached hydrogens (tertiary/aromatic N) is 4. The lowest BCUT2D eigenvalue weighted by atomic mass is 10.2. The van der Waals surface area contributed by atoms with Crippen molar-refractivity contribution < 1.29 is 4.79 Å². The molecule has 0 saturated heterocycles. The molecule has 1 fully saturated rings. The lowest BCUT2D eigenvalue weighted by Crippen LogP contribution is -2.37. The first-order chi connectivity index (χ1) is 6.70.